The summed E-state index contributed by atoms with van der Waals surface area (Å²) in [7, 11) is 2.21. The highest BCUT2D eigenvalue weighted by molar-refractivity contribution is 6.03. The van der Waals surface area contributed by atoms with Gasteiger partial charge in [-0.05, 0) is 74.5 Å². The molecule has 2 atom stereocenters. The smallest absolute Gasteiger partial charge is 0.257 e. The molecule has 4 nitrogen and oxygen atoms in total. The van der Waals surface area contributed by atoms with E-state index in [4.69, 9.17) is 0 Å². The van der Waals surface area contributed by atoms with Crippen molar-refractivity contribution in [1.29, 1.82) is 0 Å². The van der Waals surface area contributed by atoms with Crippen LogP contribution in [0.25, 0.3) is 0 Å². The van der Waals surface area contributed by atoms with Gasteiger partial charge in [0.15, 0.2) is 0 Å². The Kier molecular flexibility index (Phi) is 5.82. The molecule has 0 saturated carbocycles. The van der Waals surface area contributed by atoms with Crippen LogP contribution in [0.15, 0.2) is 48.8 Å². The van der Waals surface area contributed by atoms with E-state index >= 15 is 0 Å². The van der Waals surface area contributed by atoms with Gasteiger partial charge in [-0.25, -0.2) is 0 Å². The van der Waals surface area contributed by atoms with Gasteiger partial charge in [0, 0.05) is 24.6 Å². The van der Waals surface area contributed by atoms with E-state index in [9.17, 15) is 4.79 Å². The minimum absolute atomic E-state index is 0.124. The number of aromatic nitrogens is 1. The lowest BCUT2D eigenvalue weighted by Crippen LogP contribution is -2.36. The molecule has 1 fully saturated rings. The molecule has 0 bridgehead atoms. The van der Waals surface area contributed by atoms with Crippen LogP contribution in [0.4, 0.5) is 5.69 Å². The third-order valence-electron chi connectivity index (χ3n) is 5.23. The van der Waals surface area contributed by atoms with Crippen LogP contribution in [0, 0.1) is 11.8 Å². The van der Waals surface area contributed by atoms with Crippen molar-refractivity contribution in [3.63, 3.8) is 0 Å². The number of pyridine rings is 1. The predicted molar refractivity (Wildman–Crippen MR) is 102 cm³/mol. The molecule has 2 heterocycles. The van der Waals surface area contributed by atoms with E-state index in [1.54, 1.807) is 24.5 Å². The van der Waals surface area contributed by atoms with Gasteiger partial charge in [0.1, 0.15) is 0 Å². The van der Waals surface area contributed by atoms with Crippen molar-refractivity contribution in [1.82, 2.24) is 9.88 Å². The van der Waals surface area contributed by atoms with Crippen LogP contribution in [-0.4, -0.2) is 35.9 Å². The fraction of sp³-hybridized carbons (Fsp3) is 0.429. The van der Waals surface area contributed by atoms with E-state index < -0.39 is 0 Å². The van der Waals surface area contributed by atoms with Crippen LogP contribution in [0.3, 0.4) is 0 Å². The van der Waals surface area contributed by atoms with Crippen LogP contribution in [0.2, 0.25) is 0 Å². The van der Waals surface area contributed by atoms with Crippen molar-refractivity contribution in [3.8, 4) is 0 Å². The highest BCUT2D eigenvalue weighted by atomic mass is 16.1. The standard InChI is InChI=1S/C21H27N3O/c1-16-15-24(2)13-11-18(16)8-5-17-6-9-20(10-7-17)23-21(25)19-4-3-12-22-14-19/h3-4,6-7,9-10,12,14,16,18H,5,8,11,13,15H2,1-2H3,(H,23,25)/t16-,18-/m1/s1. The molecule has 1 amide bonds. The van der Waals surface area contributed by atoms with Gasteiger partial charge in [-0.2, -0.15) is 0 Å². The average molecular weight is 337 g/mol. The second kappa shape index (κ2) is 8.26. The Morgan fingerprint density at radius 1 is 1.28 bits per heavy atom. The van der Waals surface area contributed by atoms with E-state index in [0.717, 1.165) is 23.9 Å². The lowest BCUT2D eigenvalue weighted by atomic mass is 9.83. The number of piperidine rings is 1. The van der Waals surface area contributed by atoms with E-state index in [-0.39, 0.29) is 5.91 Å². The number of anilines is 1. The summed E-state index contributed by atoms with van der Waals surface area (Å²) in [5, 5.41) is 2.92. The summed E-state index contributed by atoms with van der Waals surface area (Å²) in [6, 6.07) is 11.8. The molecule has 1 aromatic carbocycles. The maximum Gasteiger partial charge on any atom is 0.257 e. The Morgan fingerprint density at radius 3 is 2.76 bits per heavy atom. The molecule has 1 aliphatic heterocycles. The topological polar surface area (TPSA) is 45.2 Å². The first-order valence-electron chi connectivity index (χ1n) is 9.10. The molecule has 1 N–H and O–H groups in total. The summed E-state index contributed by atoms with van der Waals surface area (Å²) in [4.78, 5) is 18.5. The average Bonchev–Trinajstić information content (AvgIpc) is 2.63. The Hall–Kier alpha value is -2.20. The molecule has 25 heavy (non-hydrogen) atoms. The molecular formula is C21H27N3O. The highest BCUT2D eigenvalue weighted by Gasteiger charge is 2.23. The monoisotopic (exact) mass is 337 g/mol. The number of nitrogens with one attached hydrogen (secondary N) is 1. The summed E-state index contributed by atoms with van der Waals surface area (Å²) in [5.41, 5.74) is 2.73. The first kappa shape index (κ1) is 17.6. The summed E-state index contributed by atoms with van der Waals surface area (Å²) < 4.78 is 0. The predicted octanol–water partition coefficient (Wildman–Crippen LogP) is 3.85. The fourth-order valence-electron chi connectivity index (χ4n) is 3.64. The van der Waals surface area contributed by atoms with Crippen LogP contribution in [-0.2, 0) is 6.42 Å². The first-order chi connectivity index (χ1) is 12.1. The maximum atomic E-state index is 12.1. The van der Waals surface area contributed by atoms with Crippen molar-refractivity contribution in [2.24, 2.45) is 11.8 Å². The number of likely N-dealkylation sites (tertiary alicyclic amines) is 1. The molecule has 4 heteroatoms. The van der Waals surface area contributed by atoms with Gasteiger partial charge in [-0.1, -0.05) is 19.1 Å². The van der Waals surface area contributed by atoms with E-state index in [0.29, 0.717) is 5.56 Å². The highest BCUT2D eigenvalue weighted by Crippen LogP contribution is 2.27. The number of amides is 1. The maximum absolute atomic E-state index is 12.1. The van der Waals surface area contributed by atoms with Gasteiger partial charge in [0.2, 0.25) is 0 Å². The van der Waals surface area contributed by atoms with Gasteiger partial charge in [-0.3, -0.25) is 9.78 Å². The molecule has 2 aromatic rings. The van der Waals surface area contributed by atoms with Crippen molar-refractivity contribution in [3.05, 3.63) is 59.9 Å². The number of benzene rings is 1. The molecule has 132 valence electrons. The number of rotatable bonds is 5. The van der Waals surface area contributed by atoms with Crippen molar-refractivity contribution < 1.29 is 4.79 Å². The van der Waals surface area contributed by atoms with Crippen LogP contribution >= 0.6 is 0 Å². The SMILES string of the molecule is C[C@@H]1CN(C)CC[C@H]1CCc1ccc(NC(=O)c2cccnc2)cc1. The Bertz CT molecular complexity index is 684. The zero-order chi connectivity index (χ0) is 17.6. The molecular weight excluding hydrogens is 310 g/mol. The number of carbonyl (C=O) groups excluding carboxylic acids is 1. The van der Waals surface area contributed by atoms with Gasteiger partial charge in [0.25, 0.3) is 5.91 Å². The zero-order valence-corrected chi connectivity index (χ0v) is 15.1. The van der Waals surface area contributed by atoms with Gasteiger partial charge < -0.3 is 10.2 Å². The molecule has 0 aliphatic carbocycles. The van der Waals surface area contributed by atoms with E-state index in [2.05, 4.69) is 41.3 Å². The molecule has 0 spiro atoms. The van der Waals surface area contributed by atoms with Gasteiger partial charge >= 0.3 is 0 Å². The Morgan fingerprint density at radius 2 is 2.08 bits per heavy atom. The second-order valence-corrected chi connectivity index (χ2v) is 7.22. The summed E-state index contributed by atoms with van der Waals surface area (Å²) >= 11 is 0. The van der Waals surface area contributed by atoms with Crippen LogP contribution in [0.5, 0.6) is 0 Å². The number of hydrogen-bond acceptors (Lipinski definition) is 3. The van der Waals surface area contributed by atoms with E-state index in [1.807, 2.05) is 12.1 Å². The number of hydrogen-bond donors (Lipinski definition) is 1. The zero-order valence-electron chi connectivity index (χ0n) is 15.1. The minimum Gasteiger partial charge on any atom is -0.322 e. The van der Waals surface area contributed by atoms with Gasteiger partial charge in [0.05, 0.1) is 5.56 Å². The quantitative estimate of drug-likeness (QED) is 0.901. The summed E-state index contributed by atoms with van der Waals surface area (Å²) in [5.74, 6) is 1.47. The van der Waals surface area contributed by atoms with E-state index in [1.165, 1.54) is 31.5 Å². The molecule has 0 unspecified atom stereocenters. The van der Waals surface area contributed by atoms with Crippen LogP contribution < -0.4 is 5.32 Å². The fourth-order valence-corrected chi connectivity index (χ4v) is 3.64. The summed E-state index contributed by atoms with van der Waals surface area (Å²) in [6.45, 7) is 4.80. The minimum atomic E-state index is -0.124. The Labute approximate surface area is 150 Å². The van der Waals surface area contributed by atoms with Crippen molar-refractivity contribution in [2.75, 3.05) is 25.5 Å². The lowest BCUT2D eigenvalue weighted by Gasteiger charge is -2.34. The molecule has 1 saturated heterocycles. The third-order valence-corrected chi connectivity index (χ3v) is 5.23. The number of carbonyl (C=O) groups is 1. The number of aryl methyl sites for hydroxylation is 1. The number of nitrogens with zero attached hydrogens (tertiary/aromatic N) is 2. The molecule has 0 radical (unpaired) electrons. The van der Waals surface area contributed by atoms with Crippen molar-refractivity contribution in [2.45, 2.75) is 26.2 Å². The van der Waals surface area contributed by atoms with Gasteiger partial charge in [-0.15, -0.1) is 0 Å². The Balaban J connectivity index is 1.51. The molecule has 3 rings (SSSR count). The first-order valence-corrected chi connectivity index (χ1v) is 9.10. The largest absolute Gasteiger partial charge is 0.322 e. The normalized spacial score (nSPS) is 21.0. The summed E-state index contributed by atoms with van der Waals surface area (Å²) in [6.07, 6.45) is 6.89. The lowest BCUT2D eigenvalue weighted by molar-refractivity contribution is 0.102. The van der Waals surface area contributed by atoms with Crippen molar-refractivity contribution >= 4 is 11.6 Å². The second-order valence-electron chi connectivity index (χ2n) is 7.22. The molecule has 1 aromatic heterocycles. The third kappa shape index (κ3) is 4.89. The van der Waals surface area contributed by atoms with Crippen LogP contribution in [0.1, 0.15) is 35.7 Å². The molecule has 1 aliphatic rings.